The van der Waals surface area contributed by atoms with Gasteiger partial charge in [-0.2, -0.15) is 5.10 Å². The Labute approximate surface area is 194 Å². The van der Waals surface area contributed by atoms with Crippen molar-refractivity contribution in [3.05, 3.63) is 53.9 Å². The first-order valence-electron chi connectivity index (χ1n) is 12.1. The second kappa shape index (κ2) is 9.68. The molecule has 172 valence electrons. The zero-order valence-electron chi connectivity index (χ0n) is 19.1. The van der Waals surface area contributed by atoms with Gasteiger partial charge in [0.25, 0.3) is 5.91 Å². The van der Waals surface area contributed by atoms with Crippen LogP contribution in [0.2, 0.25) is 0 Å². The van der Waals surface area contributed by atoms with Crippen molar-refractivity contribution in [1.29, 1.82) is 0 Å². The molecule has 1 saturated carbocycles. The molecule has 2 fully saturated rings. The van der Waals surface area contributed by atoms with Crippen molar-refractivity contribution in [3.8, 4) is 11.1 Å². The lowest BCUT2D eigenvalue weighted by Gasteiger charge is -2.32. The van der Waals surface area contributed by atoms with E-state index in [0.29, 0.717) is 30.8 Å². The second-order valence-corrected chi connectivity index (χ2v) is 9.10. The molecule has 2 aliphatic rings. The molecule has 0 spiro atoms. The zero-order chi connectivity index (χ0) is 22.6. The van der Waals surface area contributed by atoms with E-state index in [1.807, 2.05) is 29.3 Å². The van der Waals surface area contributed by atoms with Crippen molar-refractivity contribution >= 4 is 11.9 Å². The summed E-state index contributed by atoms with van der Waals surface area (Å²) in [4.78, 5) is 28.6. The predicted octanol–water partition coefficient (Wildman–Crippen LogP) is 4.20. The Hall–Kier alpha value is -3.29. The van der Waals surface area contributed by atoms with Crippen molar-refractivity contribution in [2.75, 3.05) is 18.4 Å². The molecule has 8 heteroatoms. The second-order valence-electron chi connectivity index (χ2n) is 9.10. The molecule has 8 nitrogen and oxygen atoms in total. The highest BCUT2D eigenvalue weighted by Crippen LogP contribution is 2.35. The van der Waals surface area contributed by atoms with Crippen LogP contribution in [0.5, 0.6) is 0 Å². The van der Waals surface area contributed by atoms with Crippen LogP contribution in [-0.2, 0) is 6.42 Å². The Balaban J connectivity index is 1.30. The molecule has 4 heterocycles. The summed E-state index contributed by atoms with van der Waals surface area (Å²) >= 11 is 0. The fraction of sp³-hybridized carbons (Fsp3) is 0.480. The van der Waals surface area contributed by atoms with Gasteiger partial charge in [-0.05, 0) is 62.3 Å². The van der Waals surface area contributed by atoms with Crippen LogP contribution in [0.1, 0.15) is 73.2 Å². The van der Waals surface area contributed by atoms with E-state index in [4.69, 9.17) is 4.98 Å². The number of amides is 1. The number of nitrogens with one attached hydrogen (secondary N) is 2. The van der Waals surface area contributed by atoms with Gasteiger partial charge in [-0.3, -0.25) is 14.9 Å². The van der Waals surface area contributed by atoms with Crippen molar-refractivity contribution in [1.82, 2.24) is 30.0 Å². The Morgan fingerprint density at radius 3 is 2.70 bits per heavy atom. The van der Waals surface area contributed by atoms with E-state index in [9.17, 15) is 4.79 Å². The van der Waals surface area contributed by atoms with Gasteiger partial charge in [-0.1, -0.05) is 13.3 Å². The molecule has 1 aliphatic heterocycles. The standard InChI is InChI=1S/C25H31N7O/c1-2-3-4-20-15-22(31-30-20)24(33)32-13-9-18(10-14-32)23-21(17-7-11-26-12-8-17)16-27-25(29-23)28-19-5-6-19/h7-8,11-12,15-16,18-19H,2-6,9-10,13-14H2,1H3,(H,30,31)(H,27,28,29). The minimum atomic E-state index is 0.0144. The van der Waals surface area contributed by atoms with Gasteiger partial charge >= 0.3 is 0 Å². The molecule has 0 aromatic carbocycles. The number of H-pyrrole nitrogens is 1. The lowest BCUT2D eigenvalue weighted by molar-refractivity contribution is 0.0706. The molecular weight excluding hydrogens is 414 g/mol. The van der Waals surface area contributed by atoms with Gasteiger partial charge in [0.1, 0.15) is 5.69 Å². The van der Waals surface area contributed by atoms with Crippen LogP contribution >= 0.6 is 0 Å². The molecule has 0 unspecified atom stereocenters. The number of unbranched alkanes of at least 4 members (excludes halogenated alkanes) is 1. The van der Waals surface area contributed by atoms with Crippen LogP contribution in [0.15, 0.2) is 36.8 Å². The number of aromatic nitrogens is 5. The van der Waals surface area contributed by atoms with Crippen LogP contribution in [-0.4, -0.2) is 55.1 Å². The molecule has 1 saturated heterocycles. The Morgan fingerprint density at radius 2 is 1.97 bits per heavy atom. The number of hydrogen-bond acceptors (Lipinski definition) is 6. The number of pyridine rings is 1. The van der Waals surface area contributed by atoms with Crippen molar-refractivity contribution in [3.63, 3.8) is 0 Å². The van der Waals surface area contributed by atoms with E-state index in [2.05, 4.69) is 32.4 Å². The number of carbonyl (C=O) groups is 1. The molecule has 0 radical (unpaired) electrons. The molecule has 3 aromatic heterocycles. The summed E-state index contributed by atoms with van der Waals surface area (Å²) in [7, 11) is 0. The van der Waals surface area contributed by atoms with Crippen LogP contribution < -0.4 is 5.32 Å². The molecule has 0 atom stereocenters. The third kappa shape index (κ3) is 5.05. The van der Waals surface area contributed by atoms with Crippen LogP contribution in [0.25, 0.3) is 11.1 Å². The average molecular weight is 446 g/mol. The molecule has 0 bridgehead atoms. The molecular formula is C25H31N7O. The van der Waals surface area contributed by atoms with E-state index in [0.717, 1.165) is 54.6 Å². The highest BCUT2D eigenvalue weighted by Gasteiger charge is 2.29. The number of carbonyl (C=O) groups excluding carboxylic acids is 1. The summed E-state index contributed by atoms with van der Waals surface area (Å²) in [5.41, 5.74) is 4.75. The summed E-state index contributed by atoms with van der Waals surface area (Å²) in [6.45, 7) is 3.56. The van der Waals surface area contributed by atoms with E-state index >= 15 is 0 Å². The highest BCUT2D eigenvalue weighted by atomic mass is 16.2. The molecule has 1 aliphatic carbocycles. The topological polar surface area (TPSA) is 99.7 Å². The number of hydrogen-bond donors (Lipinski definition) is 2. The first kappa shape index (κ1) is 21.6. The van der Waals surface area contributed by atoms with Gasteiger partial charge in [0.05, 0.1) is 5.69 Å². The largest absolute Gasteiger partial charge is 0.351 e. The lowest BCUT2D eigenvalue weighted by Crippen LogP contribution is -2.38. The molecule has 33 heavy (non-hydrogen) atoms. The van der Waals surface area contributed by atoms with E-state index in [-0.39, 0.29) is 11.8 Å². The van der Waals surface area contributed by atoms with E-state index < -0.39 is 0 Å². The summed E-state index contributed by atoms with van der Waals surface area (Å²) in [6, 6.07) is 6.41. The number of rotatable bonds is 8. The zero-order valence-corrected chi connectivity index (χ0v) is 19.1. The number of nitrogens with zero attached hydrogens (tertiary/aromatic N) is 5. The molecule has 5 rings (SSSR count). The van der Waals surface area contributed by atoms with Crippen molar-refractivity contribution in [2.45, 2.75) is 63.8 Å². The number of aromatic amines is 1. The quantitative estimate of drug-likeness (QED) is 0.539. The minimum Gasteiger partial charge on any atom is -0.351 e. The highest BCUT2D eigenvalue weighted by molar-refractivity contribution is 5.92. The van der Waals surface area contributed by atoms with Crippen molar-refractivity contribution in [2.24, 2.45) is 0 Å². The van der Waals surface area contributed by atoms with Crippen LogP contribution in [0.3, 0.4) is 0 Å². The first-order chi connectivity index (χ1) is 16.2. The predicted molar refractivity (Wildman–Crippen MR) is 127 cm³/mol. The maximum Gasteiger partial charge on any atom is 0.274 e. The van der Waals surface area contributed by atoms with Gasteiger partial charge in [-0.25, -0.2) is 9.97 Å². The lowest BCUT2D eigenvalue weighted by atomic mass is 9.89. The average Bonchev–Trinajstić information content (AvgIpc) is 3.56. The maximum absolute atomic E-state index is 13.0. The van der Waals surface area contributed by atoms with Gasteiger partial charge in [0, 0.05) is 54.9 Å². The third-order valence-electron chi connectivity index (χ3n) is 6.54. The summed E-state index contributed by atoms with van der Waals surface area (Å²) in [5.74, 6) is 1.000. The fourth-order valence-corrected chi connectivity index (χ4v) is 4.42. The van der Waals surface area contributed by atoms with Crippen molar-refractivity contribution < 1.29 is 4.79 Å². The van der Waals surface area contributed by atoms with Gasteiger partial charge in [0.2, 0.25) is 5.95 Å². The van der Waals surface area contributed by atoms with Gasteiger partial charge in [0.15, 0.2) is 0 Å². The summed E-state index contributed by atoms with van der Waals surface area (Å²) in [5, 5.41) is 10.7. The fourth-order valence-electron chi connectivity index (χ4n) is 4.42. The molecule has 1 amide bonds. The maximum atomic E-state index is 13.0. The van der Waals surface area contributed by atoms with Crippen LogP contribution in [0, 0.1) is 0 Å². The SMILES string of the molecule is CCCCc1cc(C(=O)N2CCC(c3nc(NC4CC4)ncc3-c3ccncc3)CC2)n[nH]1. The normalized spacial score (nSPS) is 16.7. The van der Waals surface area contributed by atoms with E-state index in [1.165, 1.54) is 12.8 Å². The number of piperidine rings is 1. The van der Waals surface area contributed by atoms with Gasteiger partial charge in [-0.15, -0.1) is 0 Å². The first-order valence-corrected chi connectivity index (χ1v) is 12.1. The summed E-state index contributed by atoms with van der Waals surface area (Å²) < 4.78 is 0. The Bertz CT molecular complexity index is 1090. The number of anilines is 1. The van der Waals surface area contributed by atoms with E-state index in [1.54, 1.807) is 12.4 Å². The number of likely N-dealkylation sites (tertiary alicyclic amines) is 1. The molecule has 2 N–H and O–H groups in total. The van der Waals surface area contributed by atoms with Crippen LogP contribution in [0.4, 0.5) is 5.95 Å². The smallest absolute Gasteiger partial charge is 0.274 e. The Morgan fingerprint density at radius 1 is 1.18 bits per heavy atom. The minimum absolute atomic E-state index is 0.0144. The number of aryl methyl sites for hydroxylation is 1. The Kier molecular flexibility index (Phi) is 6.32. The molecule has 3 aromatic rings. The van der Waals surface area contributed by atoms with Gasteiger partial charge < -0.3 is 10.2 Å². The third-order valence-corrected chi connectivity index (χ3v) is 6.54. The monoisotopic (exact) mass is 445 g/mol. The summed E-state index contributed by atoms with van der Waals surface area (Å²) in [6.07, 6.45) is 12.8.